The second kappa shape index (κ2) is 16.1. The highest BCUT2D eigenvalue weighted by Gasteiger charge is 2.54. The van der Waals surface area contributed by atoms with E-state index in [1.165, 1.54) is 22.3 Å². The van der Waals surface area contributed by atoms with Crippen LogP contribution in [0, 0.1) is 0 Å². The van der Waals surface area contributed by atoms with Crippen LogP contribution in [0.25, 0.3) is 32.7 Å². The maximum absolute atomic E-state index is 13.4. The van der Waals surface area contributed by atoms with Crippen molar-refractivity contribution in [2.75, 3.05) is 0 Å². The molecule has 68 heavy (non-hydrogen) atoms. The van der Waals surface area contributed by atoms with Gasteiger partial charge in [0.05, 0.1) is 17.1 Å². The SMILES string of the molecule is CC.CC(C)Oc1ccc2c(c1)Oc1cc(OSOc3ccc4c5c(ccc4c3)C3(c4ccccc4-c4ccccc43)c3ccc4cc(OS)ccc4c3O5)ccc1C21OC(=O)c2ccccc21. The van der Waals surface area contributed by atoms with Crippen LogP contribution in [0.2, 0.25) is 0 Å². The zero-order valence-electron chi connectivity index (χ0n) is 37.4. The molecule has 0 amide bonds. The summed E-state index contributed by atoms with van der Waals surface area (Å²) < 4.78 is 43.7. The van der Waals surface area contributed by atoms with Crippen molar-refractivity contribution in [3.63, 3.8) is 0 Å². The summed E-state index contributed by atoms with van der Waals surface area (Å²) in [5.41, 5.74) is 7.79. The maximum Gasteiger partial charge on any atom is 0.340 e. The minimum atomic E-state index is -1.22. The molecule has 1 aliphatic carbocycles. The lowest BCUT2D eigenvalue weighted by Gasteiger charge is -2.40. The quantitative estimate of drug-likeness (QED) is 0.0954. The van der Waals surface area contributed by atoms with Crippen molar-refractivity contribution in [1.82, 2.24) is 0 Å². The summed E-state index contributed by atoms with van der Waals surface area (Å²) in [5, 5.41) is 3.85. The van der Waals surface area contributed by atoms with E-state index in [4.69, 9.17) is 31.5 Å². The fourth-order valence-electron chi connectivity index (χ4n) is 10.7. The predicted octanol–water partition coefficient (Wildman–Crippen LogP) is 15.1. The van der Waals surface area contributed by atoms with E-state index < -0.39 is 17.0 Å². The average molecular weight is 931 g/mol. The maximum atomic E-state index is 13.4. The lowest BCUT2D eigenvalue weighted by molar-refractivity contribution is 0.0224. The largest absolute Gasteiger partial charge is 0.491 e. The molecule has 0 saturated carbocycles. The third-order valence-corrected chi connectivity index (χ3v) is 14.0. The summed E-state index contributed by atoms with van der Waals surface area (Å²) in [6, 6.07) is 56.6. The molecule has 3 aliphatic heterocycles. The number of hydrogen-bond donors (Lipinski definition) is 1. The minimum absolute atomic E-state index is 0.0433. The van der Waals surface area contributed by atoms with Crippen molar-refractivity contribution in [2.45, 2.75) is 44.8 Å². The third kappa shape index (κ3) is 6.06. The molecule has 13 rings (SSSR count). The second-order valence-electron chi connectivity index (χ2n) is 17.1. The van der Waals surface area contributed by atoms with Gasteiger partial charge >= 0.3 is 5.97 Å². The van der Waals surface area contributed by atoms with Crippen LogP contribution in [0.5, 0.6) is 46.0 Å². The molecule has 10 heteroatoms. The number of ether oxygens (including phenoxy) is 4. The molecule has 334 valence electrons. The van der Waals surface area contributed by atoms with Gasteiger partial charge in [0, 0.05) is 63.6 Å². The topological polar surface area (TPSA) is 81.7 Å². The molecule has 0 saturated heterocycles. The Labute approximate surface area is 403 Å². The lowest BCUT2D eigenvalue weighted by Crippen LogP contribution is -2.33. The summed E-state index contributed by atoms with van der Waals surface area (Å²) in [7, 11) is 0. The van der Waals surface area contributed by atoms with E-state index in [9.17, 15) is 4.79 Å². The number of esters is 1. The van der Waals surface area contributed by atoms with Crippen molar-refractivity contribution >= 4 is 52.7 Å². The molecule has 1 atom stereocenters. The van der Waals surface area contributed by atoms with Crippen LogP contribution >= 0.6 is 25.2 Å². The van der Waals surface area contributed by atoms with Crippen LogP contribution in [0.3, 0.4) is 0 Å². The van der Waals surface area contributed by atoms with Gasteiger partial charge in [0.15, 0.2) is 5.60 Å². The Morgan fingerprint density at radius 3 is 1.59 bits per heavy atom. The monoisotopic (exact) mass is 930 g/mol. The van der Waals surface area contributed by atoms with Gasteiger partial charge in [-0.15, -0.1) is 0 Å². The van der Waals surface area contributed by atoms with Crippen LogP contribution in [-0.4, -0.2) is 12.1 Å². The number of fused-ring (bicyclic) bond motifs is 19. The van der Waals surface area contributed by atoms with Crippen LogP contribution < -0.4 is 26.8 Å². The van der Waals surface area contributed by atoms with Crippen LogP contribution in [0.1, 0.15) is 77.0 Å². The summed E-state index contributed by atoms with van der Waals surface area (Å²) in [6.45, 7) is 7.94. The molecular formula is C58H42O8S2. The molecule has 4 aliphatic rings. The van der Waals surface area contributed by atoms with E-state index in [-0.39, 0.29) is 6.10 Å². The second-order valence-corrected chi connectivity index (χ2v) is 17.8. The van der Waals surface area contributed by atoms with Gasteiger partial charge in [0.2, 0.25) is 0 Å². The van der Waals surface area contributed by atoms with E-state index in [0.717, 1.165) is 62.1 Å². The van der Waals surface area contributed by atoms with Crippen LogP contribution in [-0.2, 0) is 15.8 Å². The zero-order valence-corrected chi connectivity index (χ0v) is 39.1. The van der Waals surface area contributed by atoms with E-state index in [1.54, 1.807) is 12.1 Å². The minimum Gasteiger partial charge on any atom is -0.491 e. The summed E-state index contributed by atoms with van der Waals surface area (Å²) in [5.74, 6) is 4.57. The molecule has 0 radical (unpaired) electrons. The Hall–Kier alpha value is -7.53. The van der Waals surface area contributed by atoms with Gasteiger partial charge in [-0.1, -0.05) is 105 Å². The fourth-order valence-corrected chi connectivity index (χ4v) is 11.2. The van der Waals surface area contributed by atoms with Crippen LogP contribution in [0.4, 0.5) is 0 Å². The standard InChI is InChI=1S/C56H36O8S2.C2H6/c1-31(2)58-34-19-25-46-50(29-34)59-51-30-37(20-26-47(51)56(46)45-14-8-5-11-42(45)54(57)61-56)64-66-63-36-18-22-39-33(28-36)16-24-49-53(39)60-52-38-21-17-35(62-65)27-32(38)15-23-48(52)55(49)43-12-6-3-9-40(43)41-10-4-7-13-44(41)55;1-2/h3-31,65H,1-2H3;1-2H3. The molecule has 9 aromatic carbocycles. The molecular weight excluding hydrogens is 889 g/mol. The van der Waals surface area contributed by atoms with Gasteiger partial charge in [0.25, 0.3) is 12.3 Å². The van der Waals surface area contributed by atoms with Crippen molar-refractivity contribution in [3.05, 3.63) is 214 Å². The van der Waals surface area contributed by atoms with E-state index in [0.29, 0.717) is 51.2 Å². The summed E-state index contributed by atoms with van der Waals surface area (Å²) >= 11 is 4.92. The van der Waals surface area contributed by atoms with Gasteiger partial charge in [0.1, 0.15) is 46.0 Å². The zero-order chi connectivity index (χ0) is 46.3. The normalized spacial score (nSPS) is 15.9. The first-order chi connectivity index (χ1) is 33.3. The molecule has 0 aromatic heterocycles. The van der Waals surface area contributed by atoms with Gasteiger partial charge in [-0.3, -0.25) is 0 Å². The van der Waals surface area contributed by atoms with Gasteiger partial charge in [-0.2, -0.15) is 0 Å². The highest BCUT2D eigenvalue weighted by atomic mass is 32.2. The number of benzene rings is 9. The van der Waals surface area contributed by atoms with Gasteiger partial charge in [-0.05, 0) is 114 Å². The number of rotatable bonds is 7. The first-order valence-electron chi connectivity index (χ1n) is 22.7. The van der Waals surface area contributed by atoms with Crippen molar-refractivity contribution in [2.24, 2.45) is 0 Å². The Morgan fingerprint density at radius 2 is 0.985 bits per heavy atom. The number of hydrogen-bond acceptors (Lipinski definition) is 10. The van der Waals surface area contributed by atoms with Gasteiger partial charge in [-0.25, -0.2) is 4.79 Å². The number of thiol groups is 1. The Kier molecular flexibility index (Phi) is 9.90. The highest BCUT2D eigenvalue weighted by Crippen LogP contribution is 2.64. The lowest BCUT2D eigenvalue weighted by atomic mass is 9.65. The fraction of sp³-hybridized carbons (Fsp3) is 0.121. The molecule has 0 N–H and O–H groups in total. The predicted molar refractivity (Wildman–Crippen MR) is 269 cm³/mol. The average Bonchev–Trinajstić information content (AvgIpc) is 3.83. The van der Waals surface area contributed by atoms with Gasteiger partial charge < -0.3 is 31.5 Å². The molecule has 2 spiro atoms. The highest BCUT2D eigenvalue weighted by molar-refractivity contribution is 7.90. The molecule has 0 fully saturated rings. The molecule has 1 unspecified atom stereocenters. The van der Waals surface area contributed by atoms with E-state index in [2.05, 4.69) is 91.8 Å². The first kappa shape index (κ1) is 41.9. The summed E-state index contributed by atoms with van der Waals surface area (Å²) in [4.78, 5) is 13.4. The van der Waals surface area contributed by atoms with Crippen molar-refractivity contribution in [1.29, 1.82) is 0 Å². The van der Waals surface area contributed by atoms with E-state index >= 15 is 0 Å². The Balaban J connectivity index is 0.00000237. The van der Waals surface area contributed by atoms with Crippen LogP contribution in [0.15, 0.2) is 170 Å². The van der Waals surface area contributed by atoms with Crippen molar-refractivity contribution < 1.29 is 36.3 Å². The van der Waals surface area contributed by atoms with E-state index in [1.807, 2.05) is 107 Å². The smallest absolute Gasteiger partial charge is 0.340 e. The number of carbonyl (C=O) groups is 1. The molecule has 0 bridgehead atoms. The third-order valence-electron chi connectivity index (χ3n) is 13.2. The van der Waals surface area contributed by atoms with Crippen molar-refractivity contribution in [3.8, 4) is 57.1 Å². The Bertz CT molecular complexity index is 3500. The Morgan fingerprint density at radius 1 is 0.500 bits per heavy atom. The molecule has 3 heterocycles. The first-order valence-corrected chi connectivity index (χ1v) is 23.7. The number of carbonyl (C=O) groups excluding carboxylic acids is 1. The molecule has 8 nitrogen and oxygen atoms in total. The molecule has 9 aromatic rings. The summed E-state index contributed by atoms with van der Waals surface area (Å²) in [6.07, 6.45) is -0.0433.